The molecular weight excluding hydrogens is 312 g/mol. The van der Waals surface area contributed by atoms with Gasteiger partial charge in [-0.25, -0.2) is 13.6 Å². The summed E-state index contributed by atoms with van der Waals surface area (Å²) in [7, 11) is -3.74. The van der Waals surface area contributed by atoms with Crippen molar-refractivity contribution in [3.63, 3.8) is 0 Å². The molecule has 0 atom stereocenters. The first-order valence-corrected chi connectivity index (χ1v) is 9.40. The molecule has 1 aliphatic rings. The minimum atomic E-state index is -3.74. The van der Waals surface area contributed by atoms with Crippen LogP contribution in [0.5, 0.6) is 0 Å². The van der Waals surface area contributed by atoms with Crippen LogP contribution in [0.15, 0.2) is 15.7 Å². The molecule has 0 aromatic carbocycles. The monoisotopic (exact) mass is 332 g/mol. The maximum atomic E-state index is 11.8. The summed E-state index contributed by atoms with van der Waals surface area (Å²) in [6.45, 7) is 0.887. The first kappa shape index (κ1) is 16.4. The second-order valence-corrected chi connectivity index (χ2v) is 7.79. The van der Waals surface area contributed by atoms with Gasteiger partial charge in [0.25, 0.3) is 5.91 Å². The molecule has 1 aromatic rings. The highest BCUT2D eigenvalue weighted by atomic mass is 32.2. The van der Waals surface area contributed by atoms with E-state index in [1.165, 1.54) is 30.7 Å². The summed E-state index contributed by atoms with van der Waals surface area (Å²) in [6.07, 6.45) is 6.20. The zero-order chi connectivity index (χ0) is 15.3. The Hall–Kier alpha value is -0.960. The van der Waals surface area contributed by atoms with E-state index in [0.717, 1.165) is 24.2 Å². The largest absolute Gasteiger partial charge is 0.376 e. The second-order valence-electron chi connectivity index (χ2n) is 5.09. The van der Waals surface area contributed by atoms with Crippen molar-refractivity contribution in [2.45, 2.75) is 42.4 Å². The molecule has 21 heavy (non-hydrogen) atoms. The highest BCUT2D eigenvalue weighted by Gasteiger charge is 2.16. The molecule has 0 bridgehead atoms. The summed E-state index contributed by atoms with van der Waals surface area (Å²) in [5, 5.41) is 9.20. The highest BCUT2D eigenvalue weighted by Crippen LogP contribution is 2.20. The maximum absolute atomic E-state index is 11.8. The summed E-state index contributed by atoms with van der Waals surface area (Å²) in [5.74, 6) is -0.312. The SMILES string of the molecule is NS(=O)(=O)c1cc(C(=O)NCCOC2CCCCC2)cs1. The molecule has 3 N–H and O–H groups in total. The predicted octanol–water partition coefficient (Wildman–Crippen LogP) is 1.47. The van der Waals surface area contributed by atoms with Gasteiger partial charge in [-0.15, -0.1) is 11.3 Å². The molecule has 0 unspecified atom stereocenters. The fraction of sp³-hybridized carbons (Fsp3) is 0.615. The van der Waals surface area contributed by atoms with Crippen LogP contribution < -0.4 is 10.5 Å². The van der Waals surface area contributed by atoms with Crippen LogP contribution in [0.3, 0.4) is 0 Å². The Morgan fingerprint density at radius 1 is 1.38 bits per heavy atom. The van der Waals surface area contributed by atoms with Gasteiger partial charge in [0, 0.05) is 11.9 Å². The van der Waals surface area contributed by atoms with E-state index in [1.54, 1.807) is 0 Å². The van der Waals surface area contributed by atoms with Crippen LogP contribution in [0.2, 0.25) is 0 Å². The molecule has 0 aliphatic heterocycles. The van der Waals surface area contributed by atoms with Crippen LogP contribution in [-0.4, -0.2) is 33.6 Å². The van der Waals surface area contributed by atoms with Crippen LogP contribution in [0.4, 0.5) is 0 Å². The molecule has 1 saturated carbocycles. The molecule has 118 valence electrons. The standard InChI is InChI=1S/C13H20N2O4S2/c14-21(17,18)12-8-10(9-20-12)13(16)15-6-7-19-11-4-2-1-3-5-11/h8-9,11H,1-7H2,(H,15,16)(H2,14,17,18). The van der Waals surface area contributed by atoms with Gasteiger partial charge in [-0.1, -0.05) is 19.3 Å². The Balaban J connectivity index is 1.73. The number of sulfonamides is 1. The van der Waals surface area contributed by atoms with Crippen molar-refractivity contribution in [1.82, 2.24) is 5.32 Å². The molecule has 0 radical (unpaired) electrons. The maximum Gasteiger partial charge on any atom is 0.252 e. The minimum absolute atomic E-state index is 0.00824. The Kier molecular flexibility index (Phi) is 5.74. The number of ether oxygens (including phenoxy) is 1. The number of carbonyl (C=O) groups excluding carboxylic acids is 1. The van der Waals surface area contributed by atoms with Gasteiger partial charge in [0.2, 0.25) is 10.0 Å². The van der Waals surface area contributed by atoms with Crippen LogP contribution in [0.1, 0.15) is 42.5 Å². The molecule has 1 aliphatic carbocycles. The lowest BCUT2D eigenvalue weighted by atomic mass is 9.98. The average Bonchev–Trinajstić information content (AvgIpc) is 2.94. The minimum Gasteiger partial charge on any atom is -0.376 e. The van der Waals surface area contributed by atoms with E-state index in [-0.39, 0.29) is 10.1 Å². The van der Waals surface area contributed by atoms with Gasteiger partial charge in [0.1, 0.15) is 4.21 Å². The quantitative estimate of drug-likeness (QED) is 0.771. The van der Waals surface area contributed by atoms with Gasteiger partial charge in [-0.3, -0.25) is 4.79 Å². The van der Waals surface area contributed by atoms with Gasteiger partial charge in [-0.05, 0) is 18.9 Å². The van der Waals surface area contributed by atoms with Crippen LogP contribution in [0, 0.1) is 0 Å². The topological polar surface area (TPSA) is 98.5 Å². The van der Waals surface area contributed by atoms with Crippen molar-refractivity contribution in [2.75, 3.05) is 13.2 Å². The zero-order valence-corrected chi connectivity index (χ0v) is 13.3. The summed E-state index contributed by atoms with van der Waals surface area (Å²) < 4.78 is 28.0. The van der Waals surface area contributed by atoms with Gasteiger partial charge in [-0.2, -0.15) is 0 Å². The number of primary sulfonamides is 1. The van der Waals surface area contributed by atoms with E-state index in [9.17, 15) is 13.2 Å². The number of carbonyl (C=O) groups is 1. The van der Waals surface area contributed by atoms with Crippen LogP contribution in [0.25, 0.3) is 0 Å². The lowest BCUT2D eigenvalue weighted by Crippen LogP contribution is -2.29. The van der Waals surface area contributed by atoms with E-state index in [1.807, 2.05) is 0 Å². The Bertz CT molecular complexity index is 577. The van der Waals surface area contributed by atoms with E-state index in [0.29, 0.717) is 24.8 Å². The molecule has 2 rings (SSSR count). The first-order valence-electron chi connectivity index (χ1n) is 6.98. The van der Waals surface area contributed by atoms with E-state index in [2.05, 4.69) is 5.32 Å². The normalized spacial score (nSPS) is 16.8. The van der Waals surface area contributed by atoms with Crippen LogP contribution >= 0.6 is 11.3 Å². The van der Waals surface area contributed by atoms with Crippen molar-refractivity contribution >= 4 is 27.3 Å². The Morgan fingerprint density at radius 3 is 2.71 bits per heavy atom. The van der Waals surface area contributed by atoms with Crippen molar-refractivity contribution in [3.8, 4) is 0 Å². The van der Waals surface area contributed by atoms with E-state index in [4.69, 9.17) is 9.88 Å². The molecule has 1 fully saturated rings. The highest BCUT2D eigenvalue weighted by molar-refractivity contribution is 7.91. The number of nitrogens with one attached hydrogen (secondary N) is 1. The number of rotatable bonds is 6. The zero-order valence-electron chi connectivity index (χ0n) is 11.7. The van der Waals surface area contributed by atoms with Gasteiger partial charge >= 0.3 is 0 Å². The van der Waals surface area contributed by atoms with E-state index >= 15 is 0 Å². The molecule has 0 saturated heterocycles. The van der Waals surface area contributed by atoms with Gasteiger partial charge in [0.15, 0.2) is 0 Å². The second kappa shape index (κ2) is 7.35. The lowest BCUT2D eigenvalue weighted by Gasteiger charge is -2.21. The molecule has 1 amide bonds. The lowest BCUT2D eigenvalue weighted by molar-refractivity contribution is 0.0299. The van der Waals surface area contributed by atoms with Gasteiger partial charge < -0.3 is 10.1 Å². The Labute approximate surface area is 128 Å². The van der Waals surface area contributed by atoms with Gasteiger partial charge in [0.05, 0.1) is 18.3 Å². The molecule has 0 spiro atoms. The van der Waals surface area contributed by atoms with E-state index < -0.39 is 10.0 Å². The molecule has 1 aromatic heterocycles. The molecular formula is C13H20N2O4S2. The van der Waals surface area contributed by atoms with Crippen molar-refractivity contribution in [1.29, 1.82) is 0 Å². The summed E-state index contributed by atoms with van der Waals surface area (Å²) in [6, 6.07) is 1.29. The summed E-state index contributed by atoms with van der Waals surface area (Å²) >= 11 is 0.942. The third-order valence-corrected chi connectivity index (χ3v) is 5.80. The summed E-state index contributed by atoms with van der Waals surface area (Å²) in [5.41, 5.74) is 0.307. The fourth-order valence-corrected chi connectivity index (χ4v) is 3.89. The number of amides is 1. The van der Waals surface area contributed by atoms with Crippen LogP contribution in [-0.2, 0) is 14.8 Å². The number of hydrogen-bond acceptors (Lipinski definition) is 5. The molecule has 1 heterocycles. The molecule has 8 heteroatoms. The fourth-order valence-electron chi connectivity index (χ4n) is 2.31. The number of hydrogen-bond donors (Lipinski definition) is 2. The molecule has 6 nitrogen and oxygen atoms in total. The smallest absolute Gasteiger partial charge is 0.252 e. The van der Waals surface area contributed by atoms with Crippen molar-refractivity contribution in [3.05, 3.63) is 17.0 Å². The number of nitrogens with two attached hydrogens (primary N) is 1. The summed E-state index contributed by atoms with van der Waals surface area (Å²) in [4.78, 5) is 11.8. The number of thiophene rings is 1. The average molecular weight is 332 g/mol. The third-order valence-electron chi connectivity index (χ3n) is 3.41. The van der Waals surface area contributed by atoms with Crippen molar-refractivity contribution < 1.29 is 17.9 Å². The third kappa shape index (κ3) is 5.06. The predicted molar refractivity (Wildman–Crippen MR) is 80.9 cm³/mol. The van der Waals surface area contributed by atoms with Crippen molar-refractivity contribution in [2.24, 2.45) is 5.14 Å². The first-order chi connectivity index (χ1) is 9.97. The Morgan fingerprint density at radius 2 is 2.10 bits per heavy atom.